The van der Waals surface area contributed by atoms with Crippen LogP contribution in [-0.2, 0) is 16.6 Å². The van der Waals surface area contributed by atoms with Crippen LogP contribution in [0.5, 0.6) is 0 Å². The Balaban J connectivity index is 2.28. The van der Waals surface area contributed by atoms with Gasteiger partial charge in [-0.05, 0) is 36.2 Å². The van der Waals surface area contributed by atoms with Gasteiger partial charge in [-0.1, -0.05) is 18.2 Å². The second kappa shape index (κ2) is 6.13. The SMILES string of the molecule is CC(NS(=O)(=O)c1ccccc1CO)c1ccncc1. The Morgan fingerprint density at radius 2 is 1.85 bits per heavy atom. The summed E-state index contributed by atoms with van der Waals surface area (Å²) in [5.74, 6) is 0. The van der Waals surface area contributed by atoms with Crippen molar-refractivity contribution >= 4 is 10.0 Å². The third kappa shape index (κ3) is 3.22. The molecule has 106 valence electrons. The first-order chi connectivity index (χ1) is 9.54. The van der Waals surface area contributed by atoms with Gasteiger partial charge in [0.25, 0.3) is 0 Å². The number of aromatic nitrogens is 1. The number of benzene rings is 1. The molecule has 0 aliphatic rings. The number of aliphatic hydroxyl groups excluding tert-OH is 1. The van der Waals surface area contributed by atoms with Crippen LogP contribution < -0.4 is 4.72 Å². The number of aliphatic hydroxyl groups is 1. The zero-order chi connectivity index (χ0) is 14.6. The van der Waals surface area contributed by atoms with Crippen LogP contribution in [-0.4, -0.2) is 18.5 Å². The van der Waals surface area contributed by atoms with E-state index in [1.54, 1.807) is 49.6 Å². The largest absolute Gasteiger partial charge is 0.392 e. The predicted molar refractivity (Wildman–Crippen MR) is 75.3 cm³/mol. The lowest BCUT2D eigenvalue weighted by Crippen LogP contribution is -2.27. The van der Waals surface area contributed by atoms with E-state index in [-0.39, 0.29) is 17.5 Å². The van der Waals surface area contributed by atoms with Crippen LogP contribution in [0.3, 0.4) is 0 Å². The maximum atomic E-state index is 12.4. The van der Waals surface area contributed by atoms with Crippen molar-refractivity contribution in [2.24, 2.45) is 0 Å². The number of rotatable bonds is 5. The van der Waals surface area contributed by atoms with E-state index < -0.39 is 10.0 Å². The van der Waals surface area contributed by atoms with Gasteiger partial charge in [0.1, 0.15) is 0 Å². The van der Waals surface area contributed by atoms with Gasteiger partial charge >= 0.3 is 0 Å². The molecule has 1 aromatic heterocycles. The van der Waals surface area contributed by atoms with Crippen LogP contribution in [0.1, 0.15) is 24.1 Å². The van der Waals surface area contributed by atoms with Gasteiger partial charge in [0.15, 0.2) is 0 Å². The highest BCUT2D eigenvalue weighted by Gasteiger charge is 2.20. The average molecular weight is 292 g/mol. The molecule has 0 saturated heterocycles. The number of sulfonamides is 1. The molecule has 5 nitrogen and oxygen atoms in total. The smallest absolute Gasteiger partial charge is 0.241 e. The van der Waals surface area contributed by atoms with Gasteiger partial charge in [-0.3, -0.25) is 4.98 Å². The van der Waals surface area contributed by atoms with Crippen LogP contribution in [0.2, 0.25) is 0 Å². The number of hydrogen-bond acceptors (Lipinski definition) is 4. The minimum Gasteiger partial charge on any atom is -0.392 e. The molecule has 0 radical (unpaired) electrons. The summed E-state index contributed by atoms with van der Waals surface area (Å²) in [5, 5.41) is 9.23. The van der Waals surface area contributed by atoms with E-state index in [9.17, 15) is 13.5 Å². The molecule has 1 aromatic carbocycles. The quantitative estimate of drug-likeness (QED) is 0.877. The Morgan fingerprint density at radius 3 is 2.50 bits per heavy atom. The minimum atomic E-state index is -3.68. The second-order valence-electron chi connectivity index (χ2n) is 4.39. The van der Waals surface area contributed by atoms with Gasteiger partial charge in [-0.2, -0.15) is 0 Å². The summed E-state index contributed by atoms with van der Waals surface area (Å²) in [5.41, 5.74) is 1.20. The molecule has 1 unspecified atom stereocenters. The van der Waals surface area contributed by atoms with Crippen LogP contribution in [0, 0.1) is 0 Å². The summed E-state index contributed by atoms with van der Waals surface area (Å²) in [6.45, 7) is 1.44. The lowest BCUT2D eigenvalue weighted by Gasteiger charge is -2.16. The molecule has 0 spiro atoms. The van der Waals surface area contributed by atoms with E-state index in [2.05, 4.69) is 9.71 Å². The maximum absolute atomic E-state index is 12.4. The molecule has 1 atom stereocenters. The summed E-state index contributed by atoms with van der Waals surface area (Å²) < 4.78 is 27.3. The molecule has 0 saturated carbocycles. The van der Waals surface area contributed by atoms with Gasteiger partial charge < -0.3 is 5.11 Å². The molecule has 2 N–H and O–H groups in total. The van der Waals surface area contributed by atoms with Crippen molar-refractivity contribution in [1.29, 1.82) is 0 Å². The van der Waals surface area contributed by atoms with Gasteiger partial charge in [0.2, 0.25) is 10.0 Å². The predicted octanol–water partition coefficient (Wildman–Crippen LogP) is 1.61. The van der Waals surface area contributed by atoms with Crippen LogP contribution in [0.15, 0.2) is 53.7 Å². The van der Waals surface area contributed by atoms with Crippen molar-refractivity contribution in [3.05, 3.63) is 59.9 Å². The van der Waals surface area contributed by atoms with Crippen molar-refractivity contribution in [1.82, 2.24) is 9.71 Å². The van der Waals surface area contributed by atoms with E-state index in [1.807, 2.05) is 0 Å². The molecule has 1 heterocycles. The monoisotopic (exact) mass is 292 g/mol. The van der Waals surface area contributed by atoms with Crippen LogP contribution >= 0.6 is 0 Å². The lowest BCUT2D eigenvalue weighted by atomic mass is 10.1. The fraction of sp³-hybridized carbons (Fsp3) is 0.214. The highest BCUT2D eigenvalue weighted by molar-refractivity contribution is 7.89. The van der Waals surface area contributed by atoms with Crippen molar-refractivity contribution < 1.29 is 13.5 Å². The summed E-state index contributed by atoms with van der Waals surface area (Å²) in [4.78, 5) is 4.00. The summed E-state index contributed by atoms with van der Waals surface area (Å²) in [6, 6.07) is 9.52. The first-order valence-corrected chi connectivity index (χ1v) is 7.64. The van der Waals surface area contributed by atoms with Crippen molar-refractivity contribution in [2.45, 2.75) is 24.5 Å². The number of nitrogens with zero attached hydrogens (tertiary/aromatic N) is 1. The zero-order valence-electron chi connectivity index (χ0n) is 11.0. The summed E-state index contributed by atoms with van der Waals surface area (Å²) in [6.07, 6.45) is 3.23. The summed E-state index contributed by atoms with van der Waals surface area (Å²) >= 11 is 0. The standard InChI is InChI=1S/C14H16N2O3S/c1-11(12-6-8-15-9-7-12)16-20(18,19)14-5-3-2-4-13(14)10-17/h2-9,11,16-17H,10H2,1H3. The highest BCUT2D eigenvalue weighted by atomic mass is 32.2. The average Bonchev–Trinajstić information content (AvgIpc) is 2.47. The molecule has 0 amide bonds. The van der Waals surface area contributed by atoms with Gasteiger partial charge in [0, 0.05) is 18.4 Å². The van der Waals surface area contributed by atoms with Gasteiger partial charge in [-0.15, -0.1) is 0 Å². The lowest BCUT2D eigenvalue weighted by molar-refractivity contribution is 0.278. The Morgan fingerprint density at radius 1 is 1.20 bits per heavy atom. The molecule has 0 aliphatic heterocycles. The van der Waals surface area contributed by atoms with Crippen molar-refractivity contribution in [3.8, 4) is 0 Å². The number of pyridine rings is 1. The van der Waals surface area contributed by atoms with Crippen LogP contribution in [0.4, 0.5) is 0 Å². The molecule has 6 heteroatoms. The van der Waals surface area contributed by atoms with Crippen molar-refractivity contribution in [3.63, 3.8) is 0 Å². The molecule has 20 heavy (non-hydrogen) atoms. The molecule has 2 rings (SSSR count). The molecule has 2 aromatic rings. The zero-order valence-corrected chi connectivity index (χ0v) is 11.8. The van der Waals surface area contributed by atoms with Crippen molar-refractivity contribution in [2.75, 3.05) is 0 Å². The summed E-state index contributed by atoms with van der Waals surface area (Å²) in [7, 11) is -3.68. The topological polar surface area (TPSA) is 79.3 Å². The first kappa shape index (κ1) is 14.6. The third-order valence-electron chi connectivity index (χ3n) is 2.97. The first-order valence-electron chi connectivity index (χ1n) is 6.15. The van der Waals surface area contributed by atoms with Gasteiger partial charge in [0.05, 0.1) is 11.5 Å². The second-order valence-corrected chi connectivity index (χ2v) is 6.07. The Labute approximate surface area is 118 Å². The fourth-order valence-electron chi connectivity index (χ4n) is 1.91. The Bertz CT molecular complexity index is 672. The minimum absolute atomic E-state index is 0.100. The highest BCUT2D eigenvalue weighted by Crippen LogP contribution is 2.19. The number of nitrogens with one attached hydrogen (secondary N) is 1. The molecule has 0 aliphatic carbocycles. The molecule has 0 bridgehead atoms. The van der Waals surface area contributed by atoms with E-state index in [1.165, 1.54) is 6.07 Å². The maximum Gasteiger partial charge on any atom is 0.241 e. The van der Waals surface area contributed by atoms with E-state index in [0.29, 0.717) is 5.56 Å². The third-order valence-corrected chi connectivity index (χ3v) is 4.61. The Kier molecular flexibility index (Phi) is 4.49. The normalized spacial score (nSPS) is 13.1. The molecule has 0 fully saturated rings. The Hall–Kier alpha value is -1.76. The van der Waals surface area contributed by atoms with E-state index in [4.69, 9.17) is 0 Å². The van der Waals surface area contributed by atoms with Gasteiger partial charge in [-0.25, -0.2) is 13.1 Å². The van der Waals surface area contributed by atoms with E-state index in [0.717, 1.165) is 5.56 Å². The molecular weight excluding hydrogens is 276 g/mol. The fourth-order valence-corrected chi connectivity index (χ4v) is 3.38. The van der Waals surface area contributed by atoms with E-state index >= 15 is 0 Å². The van der Waals surface area contributed by atoms with Crippen LogP contribution in [0.25, 0.3) is 0 Å². The molecular formula is C14H16N2O3S. The number of hydrogen-bond donors (Lipinski definition) is 2.